The zero-order valence-corrected chi connectivity index (χ0v) is 18.4. The molecule has 156 valence electrons. The van der Waals surface area contributed by atoms with Crippen molar-refractivity contribution in [2.24, 2.45) is 0 Å². The van der Waals surface area contributed by atoms with Gasteiger partial charge in [0.1, 0.15) is 0 Å². The van der Waals surface area contributed by atoms with Crippen LogP contribution in [0.3, 0.4) is 0 Å². The van der Waals surface area contributed by atoms with Crippen molar-refractivity contribution in [1.29, 1.82) is 0 Å². The molecule has 1 aromatic rings. The van der Waals surface area contributed by atoms with E-state index < -0.39 is 10.0 Å². The number of unbranched alkanes of at least 4 members (excludes halogenated alkanes) is 6. The van der Waals surface area contributed by atoms with Crippen LogP contribution in [0.2, 0.25) is 0 Å². The van der Waals surface area contributed by atoms with Crippen LogP contribution >= 0.6 is 0 Å². The lowest BCUT2D eigenvalue weighted by molar-refractivity contribution is 0.197. The lowest BCUT2D eigenvalue weighted by Gasteiger charge is -2.30. The van der Waals surface area contributed by atoms with E-state index in [9.17, 15) is 8.42 Å². The first-order chi connectivity index (χ1) is 13.0. The zero-order valence-electron chi connectivity index (χ0n) is 17.6. The van der Waals surface area contributed by atoms with Gasteiger partial charge in [0, 0.05) is 11.7 Å². The Morgan fingerprint density at radius 2 is 1.44 bits per heavy atom. The molecule has 0 bridgehead atoms. The first-order valence-corrected chi connectivity index (χ1v) is 12.5. The topological polar surface area (TPSA) is 49.4 Å². The Labute approximate surface area is 167 Å². The SMILES string of the molecule is CCCCCCCCCC(CCS(=O)(=O)Nc1ccccc1)N(CC)CC. The number of benzene rings is 1. The largest absolute Gasteiger partial charge is 0.301 e. The molecule has 1 aromatic carbocycles. The van der Waals surface area contributed by atoms with Crippen LogP contribution < -0.4 is 4.72 Å². The van der Waals surface area contributed by atoms with Gasteiger partial charge in [-0.25, -0.2) is 8.42 Å². The zero-order chi connectivity index (χ0) is 20.0. The van der Waals surface area contributed by atoms with Gasteiger partial charge in [0.05, 0.1) is 5.75 Å². The Hall–Kier alpha value is -1.07. The van der Waals surface area contributed by atoms with Crippen LogP contribution in [0.25, 0.3) is 0 Å². The van der Waals surface area contributed by atoms with Crippen molar-refractivity contribution >= 4 is 15.7 Å². The lowest BCUT2D eigenvalue weighted by atomic mass is 10.0. The number of hydrogen-bond acceptors (Lipinski definition) is 3. The van der Waals surface area contributed by atoms with Crippen molar-refractivity contribution in [2.45, 2.75) is 84.6 Å². The monoisotopic (exact) mass is 396 g/mol. The summed E-state index contributed by atoms with van der Waals surface area (Å²) in [4.78, 5) is 2.41. The van der Waals surface area contributed by atoms with E-state index in [1.807, 2.05) is 18.2 Å². The molecule has 0 aliphatic rings. The molecule has 27 heavy (non-hydrogen) atoms. The molecule has 0 saturated heterocycles. The van der Waals surface area contributed by atoms with E-state index >= 15 is 0 Å². The summed E-state index contributed by atoms with van der Waals surface area (Å²) >= 11 is 0. The fraction of sp³-hybridized carbons (Fsp3) is 0.727. The Morgan fingerprint density at radius 1 is 0.852 bits per heavy atom. The highest BCUT2D eigenvalue weighted by Gasteiger charge is 2.19. The number of rotatable bonds is 16. The molecule has 0 spiro atoms. The molecule has 5 heteroatoms. The van der Waals surface area contributed by atoms with Crippen molar-refractivity contribution in [3.63, 3.8) is 0 Å². The molecular formula is C22H40N2O2S. The third-order valence-corrected chi connectivity index (χ3v) is 6.56. The molecule has 0 aromatic heterocycles. The highest BCUT2D eigenvalue weighted by molar-refractivity contribution is 7.92. The van der Waals surface area contributed by atoms with E-state index in [0.29, 0.717) is 18.2 Å². The van der Waals surface area contributed by atoms with Crippen LogP contribution in [0, 0.1) is 0 Å². The van der Waals surface area contributed by atoms with Gasteiger partial charge in [-0.1, -0.05) is 83.9 Å². The fourth-order valence-electron chi connectivity index (χ4n) is 3.61. The molecule has 0 aliphatic carbocycles. The van der Waals surface area contributed by atoms with Gasteiger partial charge < -0.3 is 4.90 Å². The molecule has 0 fully saturated rings. The molecule has 1 rings (SSSR count). The van der Waals surface area contributed by atoms with Crippen molar-refractivity contribution in [1.82, 2.24) is 4.90 Å². The maximum absolute atomic E-state index is 12.5. The van der Waals surface area contributed by atoms with Crippen molar-refractivity contribution < 1.29 is 8.42 Å². The summed E-state index contributed by atoms with van der Waals surface area (Å²) in [5, 5.41) is 0. The van der Waals surface area contributed by atoms with Crippen LogP contribution in [-0.4, -0.2) is 38.2 Å². The van der Waals surface area contributed by atoms with Crippen molar-refractivity contribution in [2.75, 3.05) is 23.6 Å². The van der Waals surface area contributed by atoms with Crippen LogP contribution in [-0.2, 0) is 10.0 Å². The van der Waals surface area contributed by atoms with E-state index in [2.05, 4.69) is 30.4 Å². The van der Waals surface area contributed by atoms with E-state index in [-0.39, 0.29) is 5.75 Å². The highest BCUT2D eigenvalue weighted by Crippen LogP contribution is 2.17. The molecule has 4 nitrogen and oxygen atoms in total. The molecule has 0 radical (unpaired) electrons. The van der Waals surface area contributed by atoms with Crippen LogP contribution in [0.15, 0.2) is 30.3 Å². The van der Waals surface area contributed by atoms with Gasteiger partial charge in [0.2, 0.25) is 10.0 Å². The summed E-state index contributed by atoms with van der Waals surface area (Å²) in [7, 11) is -3.30. The number of anilines is 1. The molecule has 0 saturated carbocycles. The van der Waals surface area contributed by atoms with E-state index in [1.165, 1.54) is 44.9 Å². The highest BCUT2D eigenvalue weighted by atomic mass is 32.2. The third kappa shape index (κ3) is 10.7. The molecular weight excluding hydrogens is 356 g/mol. The molecule has 1 unspecified atom stereocenters. The maximum atomic E-state index is 12.5. The van der Waals surface area contributed by atoms with Gasteiger partial charge in [-0.3, -0.25) is 4.72 Å². The summed E-state index contributed by atoms with van der Waals surface area (Å²) in [6.07, 6.45) is 10.9. The molecule has 1 N–H and O–H groups in total. The van der Waals surface area contributed by atoms with Crippen molar-refractivity contribution in [3.8, 4) is 0 Å². The molecule has 1 atom stereocenters. The van der Waals surface area contributed by atoms with Crippen molar-refractivity contribution in [3.05, 3.63) is 30.3 Å². The Kier molecular flexibility index (Phi) is 12.4. The van der Waals surface area contributed by atoms with Gasteiger partial charge >= 0.3 is 0 Å². The summed E-state index contributed by atoms with van der Waals surface area (Å²) in [6.45, 7) is 8.53. The number of hydrogen-bond donors (Lipinski definition) is 1. The summed E-state index contributed by atoms with van der Waals surface area (Å²) in [5.74, 6) is 0.180. The average Bonchev–Trinajstić information content (AvgIpc) is 2.66. The number of nitrogens with one attached hydrogen (secondary N) is 1. The quantitative estimate of drug-likeness (QED) is 0.366. The van der Waals surface area contributed by atoms with Gasteiger partial charge in [0.25, 0.3) is 0 Å². The number of sulfonamides is 1. The second-order valence-corrected chi connectivity index (χ2v) is 9.20. The molecule has 0 amide bonds. The summed E-state index contributed by atoms with van der Waals surface area (Å²) in [5.41, 5.74) is 0.643. The first kappa shape index (κ1) is 24.0. The van der Waals surface area contributed by atoms with E-state index in [4.69, 9.17) is 0 Å². The van der Waals surface area contributed by atoms with E-state index in [1.54, 1.807) is 12.1 Å². The normalized spacial score (nSPS) is 13.0. The van der Waals surface area contributed by atoms with Gasteiger partial charge in [-0.15, -0.1) is 0 Å². The van der Waals surface area contributed by atoms with Crippen LogP contribution in [0.4, 0.5) is 5.69 Å². The predicted molar refractivity (Wildman–Crippen MR) is 118 cm³/mol. The number of nitrogens with zero attached hydrogens (tertiary/aromatic N) is 1. The second kappa shape index (κ2) is 14.0. The lowest BCUT2D eigenvalue weighted by Crippen LogP contribution is -2.37. The maximum Gasteiger partial charge on any atom is 0.232 e. The smallest absolute Gasteiger partial charge is 0.232 e. The minimum absolute atomic E-state index is 0.180. The second-order valence-electron chi connectivity index (χ2n) is 7.36. The standard InChI is InChI=1S/C22H40N2O2S/c1-4-7-8-9-10-11-15-18-22(24(5-2)6-3)19-20-27(25,26)23-21-16-13-12-14-17-21/h12-14,16-17,22-23H,4-11,15,18-20H2,1-3H3. The van der Waals surface area contributed by atoms with E-state index in [0.717, 1.165) is 19.5 Å². The minimum atomic E-state index is -3.30. The fourth-order valence-corrected chi connectivity index (χ4v) is 4.79. The van der Waals surface area contributed by atoms with Crippen LogP contribution in [0.1, 0.15) is 78.6 Å². The molecule has 0 aliphatic heterocycles. The summed E-state index contributed by atoms with van der Waals surface area (Å²) in [6, 6.07) is 9.50. The molecule has 0 heterocycles. The Morgan fingerprint density at radius 3 is 2.04 bits per heavy atom. The van der Waals surface area contributed by atoms with Gasteiger partial charge in [-0.05, 0) is 38.1 Å². The Bertz CT molecular complexity index is 571. The number of para-hydroxylation sites is 1. The average molecular weight is 397 g/mol. The van der Waals surface area contributed by atoms with Gasteiger partial charge in [0.15, 0.2) is 0 Å². The minimum Gasteiger partial charge on any atom is -0.301 e. The predicted octanol–water partition coefficient (Wildman–Crippen LogP) is 5.67. The third-order valence-electron chi connectivity index (χ3n) is 5.24. The summed E-state index contributed by atoms with van der Waals surface area (Å²) < 4.78 is 27.6. The first-order valence-electron chi connectivity index (χ1n) is 10.8. The Balaban J connectivity index is 2.46. The van der Waals surface area contributed by atoms with Crippen LogP contribution in [0.5, 0.6) is 0 Å². The van der Waals surface area contributed by atoms with Gasteiger partial charge in [-0.2, -0.15) is 0 Å².